The van der Waals surface area contributed by atoms with Gasteiger partial charge in [-0.3, -0.25) is 14.6 Å². The Bertz CT molecular complexity index is 1460. The molecular formula is C31H35FN4O4S. The number of rotatable bonds is 7. The number of carbonyl (C=O) groups excluding carboxylic acids is 2. The minimum atomic E-state index is -3.23. The molecule has 0 saturated carbocycles. The third-order valence-electron chi connectivity index (χ3n) is 8.04. The summed E-state index contributed by atoms with van der Waals surface area (Å²) >= 11 is 0. The van der Waals surface area contributed by atoms with Crippen molar-refractivity contribution in [2.45, 2.75) is 43.0 Å². The molecule has 216 valence electrons. The largest absolute Gasteiger partial charge is 0.371 e. The van der Waals surface area contributed by atoms with Gasteiger partial charge < -0.3 is 15.1 Å². The minimum absolute atomic E-state index is 0.0200. The highest BCUT2D eigenvalue weighted by molar-refractivity contribution is 7.90. The molecule has 0 bridgehead atoms. The van der Waals surface area contributed by atoms with Crippen molar-refractivity contribution in [2.24, 2.45) is 5.92 Å². The second-order valence-corrected chi connectivity index (χ2v) is 13.0. The van der Waals surface area contributed by atoms with E-state index in [0.717, 1.165) is 56.4 Å². The Hall–Kier alpha value is -3.79. The summed E-state index contributed by atoms with van der Waals surface area (Å²) in [6.45, 7) is 2.79. The van der Waals surface area contributed by atoms with E-state index in [1.807, 2.05) is 29.2 Å². The lowest BCUT2D eigenvalue weighted by molar-refractivity contribution is 0.0684. The van der Waals surface area contributed by atoms with Crippen LogP contribution in [-0.4, -0.2) is 68.6 Å². The molecule has 3 aromatic rings. The van der Waals surface area contributed by atoms with E-state index in [1.165, 1.54) is 24.6 Å². The average Bonchev–Trinajstić information content (AvgIpc) is 2.98. The van der Waals surface area contributed by atoms with Crippen LogP contribution >= 0.6 is 0 Å². The first kappa shape index (κ1) is 28.7. The summed E-state index contributed by atoms with van der Waals surface area (Å²) in [6.07, 6.45) is 6.83. The van der Waals surface area contributed by atoms with Crippen LogP contribution in [0.15, 0.2) is 71.8 Å². The summed E-state index contributed by atoms with van der Waals surface area (Å²) in [4.78, 5) is 34.4. The number of hydrogen-bond acceptors (Lipinski definition) is 6. The van der Waals surface area contributed by atoms with Crippen molar-refractivity contribution in [1.82, 2.24) is 15.2 Å². The quantitative estimate of drug-likeness (QED) is 0.453. The van der Waals surface area contributed by atoms with Crippen molar-refractivity contribution in [3.63, 3.8) is 0 Å². The molecular weight excluding hydrogens is 543 g/mol. The summed E-state index contributed by atoms with van der Waals surface area (Å²) in [6, 6.07) is 16.8. The smallest absolute Gasteiger partial charge is 0.272 e. The van der Waals surface area contributed by atoms with Crippen molar-refractivity contribution in [1.29, 1.82) is 0 Å². The molecule has 0 aliphatic carbocycles. The number of piperidine rings is 2. The molecule has 2 aliphatic rings. The fourth-order valence-corrected chi connectivity index (χ4v) is 6.20. The monoisotopic (exact) mass is 578 g/mol. The van der Waals surface area contributed by atoms with Crippen LogP contribution in [0.25, 0.3) is 0 Å². The Morgan fingerprint density at radius 2 is 1.56 bits per heavy atom. The fourth-order valence-electron chi connectivity index (χ4n) is 5.57. The number of anilines is 1. The van der Waals surface area contributed by atoms with Gasteiger partial charge in [0.25, 0.3) is 11.8 Å². The number of sulfone groups is 1. The third kappa shape index (κ3) is 7.30. The van der Waals surface area contributed by atoms with Crippen LogP contribution in [0.2, 0.25) is 0 Å². The SMILES string of the molecule is CS(=O)(=O)c1ccc(N2CCC(NC(=O)c3ccc(C(=O)N4CCC(Cc5ccc(F)cc5)CC4)nc3)CC2)cc1. The molecule has 2 amide bonds. The lowest BCUT2D eigenvalue weighted by atomic mass is 9.90. The molecule has 41 heavy (non-hydrogen) atoms. The molecule has 2 saturated heterocycles. The van der Waals surface area contributed by atoms with Gasteiger partial charge in [-0.2, -0.15) is 0 Å². The van der Waals surface area contributed by atoms with Crippen molar-refractivity contribution in [2.75, 3.05) is 37.3 Å². The second-order valence-electron chi connectivity index (χ2n) is 11.0. The lowest BCUT2D eigenvalue weighted by Gasteiger charge is -2.34. The van der Waals surface area contributed by atoms with Gasteiger partial charge in [-0.1, -0.05) is 12.1 Å². The second kappa shape index (κ2) is 12.4. The van der Waals surface area contributed by atoms with E-state index >= 15 is 0 Å². The Morgan fingerprint density at radius 3 is 2.15 bits per heavy atom. The number of halogens is 1. The molecule has 3 heterocycles. The molecule has 0 unspecified atom stereocenters. The summed E-state index contributed by atoms with van der Waals surface area (Å²) in [5, 5.41) is 3.08. The first-order valence-electron chi connectivity index (χ1n) is 14.0. The van der Waals surface area contributed by atoms with Gasteiger partial charge in [0.1, 0.15) is 11.5 Å². The number of pyridine rings is 1. The normalized spacial score (nSPS) is 16.9. The molecule has 1 N–H and O–H groups in total. The van der Waals surface area contributed by atoms with Gasteiger partial charge in [-0.15, -0.1) is 0 Å². The topological polar surface area (TPSA) is 99.7 Å². The zero-order chi connectivity index (χ0) is 29.0. The predicted octanol–water partition coefficient (Wildman–Crippen LogP) is 4.12. The molecule has 0 spiro atoms. The van der Waals surface area contributed by atoms with Crippen LogP contribution in [0.4, 0.5) is 10.1 Å². The molecule has 0 atom stereocenters. The highest BCUT2D eigenvalue weighted by Crippen LogP contribution is 2.24. The predicted molar refractivity (Wildman–Crippen MR) is 155 cm³/mol. The molecule has 2 aromatic carbocycles. The Kier molecular flexibility index (Phi) is 8.68. The number of aromatic nitrogens is 1. The van der Waals surface area contributed by atoms with E-state index < -0.39 is 9.84 Å². The lowest BCUT2D eigenvalue weighted by Crippen LogP contribution is -2.44. The van der Waals surface area contributed by atoms with Crippen LogP contribution < -0.4 is 10.2 Å². The van der Waals surface area contributed by atoms with Crippen LogP contribution in [0.3, 0.4) is 0 Å². The average molecular weight is 579 g/mol. The van der Waals surface area contributed by atoms with Gasteiger partial charge in [0.2, 0.25) is 0 Å². The molecule has 1 aromatic heterocycles. The standard InChI is InChI=1S/C31H35FN4O4S/c1-41(39,40)28-9-7-27(8-10-28)35-18-14-26(15-19-35)34-30(37)24-4-11-29(33-21-24)31(38)36-16-12-23(13-17-36)20-22-2-5-25(32)6-3-22/h2-11,21,23,26H,12-20H2,1H3,(H,34,37). The first-order chi connectivity index (χ1) is 19.7. The maximum atomic E-state index is 13.2. The van der Waals surface area contributed by atoms with Crippen molar-refractivity contribution in [3.05, 3.63) is 89.5 Å². The zero-order valence-corrected chi connectivity index (χ0v) is 23.9. The number of benzene rings is 2. The number of amides is 2. The summed E-state index contributed by atoms with van der Waals surface area (Å²) in [5.41, 5.74) is 2.81. The van der Waals surface area contributed by atoms with E-state index in [0.29, 0.717) is 35.2 Å². The van der Waals surface area contributed by atoms with Crippen LogP contribution in [0.1, 0.15) is 52.1 Å². The van der Waals surface area contributed by atoms with E-state index in [-0.39, 0.29) is 23.7 Å². The molecule has 8 nitrogen and oxygen atoms in total. The molecule has 10 heteroatoms. The molecule has 5 rings (SSSR count). The summed E-state index contributed by atoms with van der Waals surface area (Å²) < 4.78 is 36.5. The summed E-state index contributed by atoms with van der Waals surface area (Å²) in [5.74, 6) is -0.122. The number of nitrogens with one attached hydrogen (secondary N) is 1. The van der Waals surface area contributed by atoms with Gasteiger partial charge in [0.15, 0.2) is 9.84 Å². The first-order valence-corrected chi connectivity index (χ1v) is 15.9. The van der Waals surface area contributed by atoms with E-state index in [9.17, 15) is 22.4 Å². The van der Waals surface area contributed by atoms with E-state index in [2.05, 4.69) is 15.2 Å². The number of carbonyl (C=O) groups is 2. The van der Waals surface area contributed by atoms with Crippen LogP contribution in [-0.2, 0) is 16.3 Å². The molecule has 2 fully saturated rings. The minimum Gasteiger partial charge on any atom is -0.371 e. The Labute approximate surface area is 240 Å². The fraction of sp³-hybridized carbons (Fsp3) is 0.387. The van der Waals surface area contributed by atoms with Gasteiger partial charge in [-0.25, -0.2) is 12.8 Å². The molecule has 2 aliphatic heterocycles. The van der Waals surface area contributed by atoms with Crippen molar-refractivity contribution >= 4 is 27.3 Å². The van der Waals surface area contributed by atoms with Gasteiger partial charge >= 0.3 is 0 Å². The van der Waals surface area contributed by atoms with Crippen molar-refractivity contribution in [3.8, 4) is 0 Å². The van der Waals surface area contributed by atoms with E-state index in [1.54, 1.807) is 24.3 Å². The Morgan fingerprint density at radius 1 is 0.902 bits per heavy atom. The summed E-state index contributed by atoms with van der Waals surface area (Å²) in [7, 11) is -3.23. The molecule has 0 radical (unpaired) electrons. The van der Waals surface area contributed by atoms with Crippen LogP contribution in [0, 0.1) is 11.7 Å². The Balaban J connectivity index is 1.07. The van der Waals surface area contributed by atoms with Crippen molar-refractivity contribution < 1.29 is 22.4 Å². The highest BCUT2D eigenvalue weighted by atomic mass is 32.2. The number of nitrogens with zero attached hydrogens (tertiary/aromatic N) is 3. The van der Waals surface area contributed by atoms with Gasteiger partial charge in [0, 0.05) is 50.4 Å². The van der Waals surface area contributed by atoms with Crippen LogP contribution in [0.5, 0.6) is 0 Å². The maximum absolute atomic E-state index is 13.2. The van der Waals surface area contributed by atoms with Gasteiger partial charge in [-0.05, 0) is 92.1 Å². The maximum Gasteiger partial charge on any atom is 0.272 e. The van der Waals surface area contributed by atoms with E-state index in [4.69, 9.17) is 0 Å². The number of hydrogen-bond donors (Lipinski definition) is 1. The highest BCUT2D eigenvalue weighted by Gasteiger charge is 2.26. The number of likely N-dealkylation sites (tertiary alicyclic amines) is 1. The zero-order valence-electron chi connectivity index (χ0n) is 23.1. The van der Waals surface area contributed by atoms with Gasteiger partial charge in [0.05, 0.1) is 10.5 Å². The third-order valence-corrected chi connectivity index (χ3v) is 9.17.